The molecule has 0 aromatic heterocycles. The Morgan fingerprint density at radius 1 is 1.33 bits per heavy atom. The molecule has 8 nitrogen and oxygen atoms in total. The van der Waals surface area contributed by atoms with Crippen LogP contribution in [0.2, 0.25) is 0 Å². The number of hydrogen-bond donors (Lipinski definition) is 1. The summed E-state index contributed by atoms with van der Waals surface area (Å²) in [5.41, 5.74) is 0.750. The highest BCUT2D eigenvalue weighted by atomic mass is 32.2. The van der Waals surface area contributed by atoms with Gasteiger partial charge in [0, 0.05) is 25.7 Å². The summed E-state index contributed by atoms with van der Waals surface area (Å²) in [5.74, 6) is 1.44. The monoisotopic (exact) mass is 398 g/mol. The van der Waals surface area contributed by atoms with Crippen molar-refractivity contribution in [3.05, 3.63) is 23.8 Å². The number of ether oxygens (including phenoxy) is 3. The number of methoxy groups -OCH3 is 1. The number of nitrogens with one attached hydrogen (secondary N) is 1. The summed E-state index contributed by atoms with van der Waals surface area (Å²) in [5, 5.41) is 2.74. The number of nitrogens with zero attached hydrogens (tertiary/aromatic N) is 1. The van der Waals surface area contributed by atoms with E-state index in [2.05, 4.69) is 5.32 Å². The maximum Gasteiger partial charge on any atom is 0.243 e. The third-order valence-corrected chi connectivity index (χ3v) is 5.36. The standard InChI is InChI=1S/C18H26N2O6S/c1-4-20(27(3,22)23)9-5-8-19-17(21)7-6-14-12-15(24-2)18-16(13-14)25-10-11-26-18/h6-7,12-13H,4-5,8-11H2,1-3H3,(H,19,21). The summed E-state index contributed by atoms with van der Waals surface area (Å²) in [6.07, 6.45) is 4.79. The van der Waals surface area contributed by atoms with Crippen LogP contribution >= 0.6 is 0 Å². The van der Waals surface area contributed by atoms with Gasteiger partial charge in [-0.1, -0.05) is 6.92 Å². The van der Waals surface area contributed by atoms with E-state index in [0.717, 1.165) is 5.56 Å². The quantitative estimate of drug-likeness (QED) is 0.497. The van der Waals surface area contributed by atoms with Gasteiger partial charge in [-0.25, -0.2) is 12.7 Å². The van der Waals surface area contributed by atoms with Crippen molar-refractivity contribution in [2.45, 2.75) is 13.3 Å². The molecule has 27 heavy (non-hydrogen) atoms. The van der Waals surface area contributed by atoms with E-state index in [0.29, 0.717) is 56.5 Å². The fourth-order valence-corrected chi connectivity index (χ4v) is 3.58. The molecule has 1 N–H and O–H groups in total. The van der Waals surface area contributed by atoms with Gasteiger partial charge < -0.3 is 19.5 Å². The highest BCUT2D eigenvalue weighted by Crippen LogP contribution is 2.40. The Kier molecular flexibility index (Phi) is 7.49. The number of carbonyl (C=O) groups excluding carboxylic acids is 1. The minimum atomic E-state index is -3.20. The summed E-state index contributed by atoms with van der Waals surface area (Å²) >= 11 is 0. The molecule has 2 rings (SSSR count). The van der Waals surface area contributed by atoms with Crippen molar-refractivity contribution in [1.29, 1.82) is 0 Å². The zero-order chi connectivity index (χ0) is 19.9. The summed E-state index contributed by atoms with van der Waals surface area (Å²) < 4.78 is 40.8. The molecular formula is C18H26N2O6S. The maximum atomic E-state index is 12.0. The lowest BCUT2D eigenvalue weighted by Crippen LogP contribution is -2.33. The zero-order valence-electron chi connectivity index (χ0n) is 15.9. The van der Waals surface area contributed by atoms with Crippen molar-refractivity contribution in [1.82, 2.24) is 9.62 Å². The second kappa shape index (κ2) is 9.61. The van der Waals surface area contributed by atoms with Gasteiger partial charge in [0.15, 0.2) is 11.5 Å². The predicted octanol–water partition coefficient (Wildman–Crippen LogP) is 1.27. The van der Waals surface area contributed by atoms with E-state index < -0.39 is 10.0 Å². The first-order valence-corrected chi connectivity index (χ1v) is 10.6. The fourth-order valence-electron chi connectivity index (χ4n) is 2.65. The van der Waals surface area contributed by atoms with Crippen LogP contribution < -0.4 is 19.5 Å². The highest BCUT2D eigenvalue weighted by Gasteiger charge is 2.18. The molecule has 0 unspecified atom stereocenters. The Bertz CT molecular complexity index is 774. The van der Waals surface area contributed by atoms with Crippen molar-refractivity contribution in [2.75, 3.05) is 46.2 Å². The Balaban J connectivity index is 1.88. The summed E-state index contributed by atoms with van der Waals surface area (Å²) in [6, 6.07) is 3.55. The number of benzene rings is 1. The molecule has 1 amide bonds. The van der Waals surface area contributed by atoms with Gasteiger partial charge >= 0.3 is 0 Å². The molecule has 1 aliphatic rings. The topological polar surface area (TPSA) is 94.2 Å². The van der Waals surface area contributed by atoms with Gasteiger partial charge in [-0.3, -0.25) is 4.79 Å². The molecular weight excluding hydrogens is 372 g/mol. The van der Waals surface area contributed by atoms with Crippen LogP contribution in [0.25, 0.3) is 6.08 Å². The molecule has 1 aliphatic heterocycles. The van der Waals surface area contributed by atoms with Crippen LogP contribution in [0.3, 0.4) is 0 Å². The van der Waals surface area contributed by atoms with Crippen LogP contribution in [-0.4, -0.2) is 64.8 Å². The third-order valence-electron chi connectivity index (χ3n) is 3.98. The summed E-state index contributed by atoms with van der Waals surface area (Å²) in [6.45, 7) is 3.89. The van der Waals surface area contributed by atoms with E-state index in [1.54, 1.807) is 32.2 Å². The van der Waals surface area contributed by atoms with Crippen molar-refractivity contribution < 1.29 is 27.4 Å². The normalized spacial score (nSPS) is 13.8. The van der Waals surface area contributed by atoms with Gasteiger partial charge in [0.25, 0.3) is 0 Å². The Labute approximate surface area is 160 Å². The molecule has 0 bridgehead atoms. The van der Waals surface area contributed by atoms with Crippen LogP contribution in [0.5, 0.6) is 17.2 Å². The Morgan fingerprint density at radius 3 is 2.74 bits per heavy atom. The number of fused-ring (bicyclic) bond motifs is 1. The molecule has 0 saturated heterocycles. The summed E-state index contributed by atoms with van der Waals surface area (Å²) in [7, 11) is -1.66. The first kappa shape index (κ1) is 21.0. The molecule has 0 aliphatic carbocycles. The molecule has 1 heterocycles. The number of sulfonamides is 1. The highest BCUT2D eigenvalue weighted by molar-refractivity contribution is 7.88. The van der Waals surface area contributed by atoms with E-state index in [4.69, 9.17) is 14.2 Å². The first-order chi connectivity index (χ1) is 12.8. The molecule has 0 radical (unpaired) electrons. The van der Waals surface area contributed by atoms with E-state index in [1.165, 1.54) is 16.6 Å². The lowest BCUT2D eigenvalue weighted by molar-refractivity contribution is -0.116. The minimum Gasteiger partial charge on any atom is -0.493 e. The predicted molar refractivity (Wildman–Crippen MR) is 103 cm³/mol. The largest absolute Gasteiger partial charge is 0.493 e. The van der Waals surface area contributed by atoms with Crippen molar-refractivity contribution in [3.8, 4) is 17.2 Å². The maximum absolute atomic E-state index is 12.0. The molecule has 150 valence electrons. The molecule has 9 heteroatoms. The molecule has 0 fully saturated rings. The molecule has 0 atom stereocenters. The molecule has 1 aromatic carbocycles. The molecule has 0 saturated carbocycles. The van der Waals surface area contributed by atoms with Crippen molar-refractivity contribution >= 4 is 22.0 Å². The molecule has 0 spiro atoms. The first-order valence-electron chi connectivity index (χ1n) is 8.73. The smallest absolute Gasteiger partial charge is 0.243 e. The van der Waals surface area contributed by atoms with Gasteiger partial charge in [0.1, 0.15) is 13.2 Å². The van der Waals surface area contributed by atoms with Gasteiger partial charge in [0.05, 0.1) is 13.4 Å². The number of rotatable bonds is 9. The summed E-state index contributed by atoms with van der Waals surface area (Å²) in [4.78, 5) is 12.0. The van der Waals surface area contributed by atoms with Crippen LogP contribution in [0.4, 0.5) is 0 Å². The lowest BCUT2D eigenvalue weighted by atomic mass is 10.1. The van der Waals surface area contributed by atoms with Gasteiger partial charge in [0.2, 0.25) is 21.7 Å². The third kappa shape index (κ3) is 6.14. The second-order valence-corrected chi connectivity index (χ2v) is 7.96. The fraction of sp³-hybridized carbons (Fsp3) is 0.500. The van der Waals surface area contributed by atoms with E-state index in [-0.39, 0.29) is 5.91 Å². The average molecular weight is 398 g/mol. The number of carbonyl (C=O) groups is 1. The van der Waals surface area contributed by atoms with Crippen molar-refractivity contribution in [2.24, 2.45) is 0 Å². The van der Waals surface area contributed by atoms with Crippen LogP contribution in [0.1, 0.15) is 18.9 Å². The van der Waals surface area contributed by atoms with Gasteiger partial charge in [-0.15, -0.1) is 0 Å². The second-order valence-electron chi connectivity index (χ2n) is 5.98. The minimum absolute atomic E-state index is 0.258. The zero-order valence-corrected chi connectivity index (χ0v) is 16.7. The Morgan fingerprint density at radius 2 is 2.07 bits per heavy atom. The SMILES string of the molecule is CCN(CCCNC(=O)C=Cc1cc(OC)c2c(c1)OCCO2)S(C)(=O)=O. The van der Waals surface area contributed by atoms with Crippen LogP contribution in [0.15, 0.2) is 18.2 Å². The van der Waals surface area contributed by atoms with Gasteiger partial charge in [-0.05, 0) is 30.2 Å². The molecule has 1 aromatic rings. The lowest BCUT2D eigenvalue weighted by Gasteiger charge is -2.20. The Hall–Kier alpha value is -2.26. The number of amides is 1. The van der Waals surface area contributed by atoms with Crippen molar-refractivity contribution in [3.63, 3.8) is 0 Å². The van der Waals surface area contributed by atoms with E-state index in [9.17, 15) is 13.2 Å². The van der Waals surface area contributed by atoms with Crippen LogP contribution in [-0.2, 0) is 14.8 Å². The van der Waals surface area contributed by atoms with Gasteiger partial charge in [-0.2, -0.15) is 0 Å². The van der Waals surface area contributed by atoms with E-state index in [1.807, 2.05) is 0 Å². The van der Waals surface area contributed by atoms with Crippen LogP contribution in [0, 0.1) is 0 Å². The number of hydrogen-bond acceptors (Lipinski definition) is 6. The average Bonchev–Trinajstić information content (AvgIpc) is 2.64. The van der Waals surface area contributed by atoms with E-state index >= 15 is 0 Å².